The van der Waals surface area contributed by atoms with Crippen molar-refractivity contribution >= 4 is 38.9 Å². The van der Waals surface area contributed by atoms with Gasteiger partial charge in [0.15, 0.2) is 5.82 Å². The number of halogens is 1. The molecule has 0 radical (unpaired) electrons. The summed E-state index contributed by atoms with van der Waals surface area (Å²) < 4.78 is 26.3. The second kappa shape index (κ2) is 5.86. The van der Waals surface area contributed by atoms with Crippen molar-refractivity contribution < 1.29 is 13.2 Å². The molecule has 0 aliphatic heterocycles. The molecule has 0 aliphatic rings. The van der Waals surface area contributed by atoms with E-state index < -0.39 is 9.84 Å². The van der Waals surface area contributed by atoms with Crippen LogP contribution in [0.25, 0.3) is 0 Å². The van der Waals surface area contributed by atoms with Gasteiger partial charge >= 0.3 is 0 Å². The van der Waals surface area contributed by atoms with Crippen molar-refractivity contribution in [3.8, 4) is 0 Å². The number of rotatable bonds is 4. The van der Waals surface area contributed by atoms with Crippen LogP contribution < -0.4 is 5.32 Å². The van der Waals surface area contributed by atoms with Gasteiger partial charge in [0.1, 0.15) is 0 Å². The second-order valence-corrected chi connectivity index (χ2v) is 7.32. The molecule has 2 aromatic rings. The van der Waals surface area contributed by atoms with Gasteiger partial charge in [-0.05, 0) is 35.8 Å². The van der Waals surface area contributed by atoms with Crippen LogP contribution in [0.15, 0.2) is 28.6 Å². The molecule has 0 atom stereocenters. The fraction of sp³-hybridized carbons (Fsp3) is 0.182. The maximum atomic E-state index is 11.8. The minimum absolute atomic E-state index is 0.0618. The van der Waals surface area contributed by atoms with E-state index in [-0.39, 0.29) is 22.6 Å². The van der Waals surface area contributed by atoms with Gasteiger partial charge in [-0.1, -0.05) is 11.6 Å². The Kier molecular flexibility index (Phi) is 4.36. The molecule has 0 unspecified atom stereocenters. The van der Waals surface area contributed by atoms with E-state index in [1.54, 1.807) is 24.3 Å². The van der Waals surface area contributed by atoms with Crippen LogP contribution in [0.4, 0.5) is 0 Å². The molecule has 1 amide bonds. The standard InChI is InChI=1S/C11H10ClN3O3S2/c1-20(17,18)11-14-9(15-19-11)6-13-10(16)7-2-4-8(12)5-3-7/h2-5H,6H2,1H3,(H,13,16). The van der Waals surface area contributed by atoms with Crippen molar-refractivity contribution in [1.82, 2.24) is 14.7 Å². The smallest absolute Gasteiger partial charge is 0.251 e. The monoisotopic (exact) mass is 331 g/mol. The third-order valence-corrected chi connectivity index (χ3v) is 4.94. The lowest BCUT2D eigenvalue weighted by Crippen LogP contribution is -2.23. The minimum Gasteiger partial charge on any atom is -0.345 e. The molecule has 106 valence electrons. The van der Waals surface area contributed by atoms with Gasteiger partial charge in [0, 0.05) is 16.8 Å². The number of sulfone groups is 1. The van der Waals surface area contributed by atoms with E-state index >= 15 is 0 Å². The van der Waals surface area contributed by atoms with Gasteiger partial charge in [0.2, 0.25) is 14.2 Å². The first-order valence-electron chi connectivity index (χ1n) is 5.42. The Hall–Kier alpha value is -1.51. The van der Waals surface area contributed by atoms with Crippen LogP contribution >= 0.6 is 23.1 Å². The van der Waals surface area contributed by atoms with Crippen LogP contribution in [-0.2, 0) is 16.4 Å². The van der Waals surface area contributed by atoms with Crippen molar-refractivity contribution in [2.75, 3.05) is 6.26 Å². The van der Waals surface area contributed by atoms with E-state index in [0.717, 1.165) is 17.8 Å². The van der Waals surface area contributed by atoms with Crippen molar-refractivity contribution in [1.29, 1.82) is 0 Å². The SMILES string of the molecule is CS(=O)(=O)c1nc(CNC(=O)c2ccc(Cl)cc2)ns1. The largest absolute Gasteiger partial charge is 0.345 e. The summed E-state index contributed by atoms with van der Waals surface area (Å²) in [6, 6.07) is 6.40. The van der Waals surface area contributed by atoms with Gasteiger partial charge in [-0.15, -0.1) is 0 Å². The normalized spacial score (nSPS) is 11.3. The summed E-state index contributed by atoms with van der Waals surface area (Å²) >= 11 is 6.52. The Balaban J connectivity index is 2.00. The fourth-order valence-electron chi connectivity index (χ4n) is 1.32. The van der Waals surface area contributed by atoms with Crippen molar-refractivity contribution in [3.63, 3.8) is 0 Å². The highest BCUT2D eigenvalue weighted by atomic mass is 35.5. The number of carbonyl (C=O) groups is 1. The van der Waals surface area contributed by atoms with Crippen molar-refractivity contribution in [2.45, 2.75) is 10.9 Å². The lowest BCUT2D eigenvalue weighted by Gasteiger charge is -2.02. The highest BCUT2D eigenvalue weighted by Gasteiger charge is 2.14. The summed E-state index contributed by atoms with van der Waals surface area (Å²) in [4.78, 5) is 15.7. The maximum Gasteiger partial charge on any atom is 0.251 e. The molecular formula is C11H10ClN3O3S2. The van der Waals surface area contributed by atoms with Crippen LogP contribution in [0, 0.1) is 0 Å². The van der Waals surface area contributed by atoms with Crippen molar-refractivity contribution in [3.05, 3.63) is 40.7 Å². The Labute approximate surface area is 124 Å². The molecule has 0 saturated heterocycles. The van der Waals surface area contributed by atoms with E-state index in [0.29, 0.717) is 10.6 Å². The molecular weight excluding hydrogens is 322 g/mol. The van der Waals surface area contributed by atoms with Gasteiger partial charge < -0.3 is 5.32 Å². The summed E-state index contributed by atoms with van der Waals surface area (Å²) in [5.41, 5.74) is 0.452. The van der Waals surface area contributed by atoms with E-state index in [1.807, 2.05) is 0 Å². The topological polar surface area (TPSA) is 89.0 Å². The number of hydrogen-bond donors (Lipinski definition) is 1. The van der Waals surface area contributed by atoms with Gasteiger partial charge in [-0.25, -0.2) is 13.4 Å². The summed E-state index contributed by atoms with van der Waals surface area (Å²) in [7, 11) is -3.36. The molecule has 6 nitrogen and oxygen atoms in total. The maximum absolute atomic E-state index is 11.8. The molecule has 20 heavy (non-hydrogen) atoms. The molecule has 1 aromatic heterocycles. The Bertz CT molecular complexity index is 726. The van der Waals surface area contributed by atoms with Crippen LogP contribution in [0.5, 0.6) is 0 Å². The Morgan fingerprint density at radius 3 is 2.55 bits per heavy atom. The zero-order valence-electron chi connectivity index (χ0n) is 10.3. The molecule has 0 fully saturated rings. The van der Waals surface area contributed by atoms with Crippen LogP contribution in [0.3, 0.4) is 0 Å². The quantitative estimate of drug-likeness (QED) is 0.917. The highest BCUT2D eigenvalue weighted by Crippen LogP contribution is 2.12. The summed E-state index contributed by atoms with van der Waals surface area (Å²) in [6.45, 7) is 0.0630. The average molecular weight is 332 g/mol. The third kappa shape index (κ3) is 3.75. The van der Waals surface area contributed by atoms with Gasteiger partial charge in [-0.2, -0.15) is 4.37 Å². The Morgan fingerprint density at radius 1 is 1.35 bits per heavy atom. The average Bonchev–Trinajstić information content (AvgIpc) is 2.85. The molecule has 1 N–H and O–H groups in total. The number of nitrogens with zero attached hydrogens (tertiary/aromatic N) is 2. The molecule has 0 spiro atoms. The highest BCUT2D eigenvalue weighted by molar-refractivity contribution is 7.92. The first-order chi connectivity index (χ1) is 9.36. The van der Waals surface area contributed by atoms with E-state index in [1.165, 1.54) is 0 Å². The molecule has 1 aromatic carbocycles. The van der Waals surface area contributed by atoms with E-state index in [2.05, 4.69) is 14.7 Å². The number of benzene rings is 1. The number of nitrogens with one attached hydrogen (secondary N) is 1. The van der Waals surface area contributed by atoms with Gasteiger partial charge in [-0.3, -0.25) is 4.79 Å². The Morgan fingerprint density at radius 2 is 2.00 bits per heavy atom. The van der Waals surface area contributed by atoms with Crippen LogP contribution in [0.1, 0.15) is 16.2 Å². The van der Waals surface area contributed by atoms with Gasteiger partial charge in [0.25, 0.3) is 5.91 Å². The lowest BCUT2D eigenvalue weighted by molar-refractivity contribution is 0.0950. The zero-order chi connectivity index (χ0) is 14.8. The number of aromatic nitrogens is 2. The molecule has 9 heteroatoms. The van der Waals surface area contributed by atoms with E-state index in [9.17, 15) is 13.2 Å². The second-order valence-electron chi connectivity index (χ2n) is 3.94. The minimum atomic E-state index is -3.36. The molecule has 2 rings (SSSR count). The first-order valence-corrected chi connectivity index (χ1v) is 8.47. The number of carbonyl (C=O) groups excluding carboxylic acids is 1. The predicted molar refractivity (Wildman–Crippen MR) is 75.6 cm³/mol. The number of hydrogen-bond acceptors (Lipinski definition) is 6. The first kappa shape index (κ1) is 14.9. The molecule has 0 aliphatic carbocycles. The third-order valence-electron chi connectivity index (χ3n) is 2.28. The predicted octanol–water partition coefficient (Wildman–Crippen LogP) is 1.52. The van der Waals surface area contributed by atoms with Crippen LogP contribution in [0.2, 0.25) is 5.02 Å². The summed E-state index contributed by atoms with van der Waals surface area (Å²) in [6.07, 6.45) is 1.06. The van der Waals surface area contributed by atoms with Crippen molar-refractivity contribution in [2.24, 2.45) is 0 Å². The zero-order valence-corrected chi connectivity index (χ0v) is 12.7. The fourth-order valence-corrected chi connectivity index (χ4v) is 2.81. The summed E-state index contributed by atoms with van der Waals surface area (Å²) in [5, 5.41) is 3.15. The van der Waals surface area contributed by atoms with Gasteiger partial charge in [0.05, 0.1) is 6.54 Å². The summed E-state index contributed by atoms with van der Waals surface area (Å²) in [5.74, 6) is -0.0462. The number of amides is 1. The molecule has 1 heterocycles. The molecule has 0 saturated carbocycles. The lowest BCUT2D eigenvalue weighted by atomic mass is 10.2. The molecule has 0 bridgehead atoms. The van der Waals surface area contributed by atoms with E-state index in [4.69, 9.17) is 11.6 Å². The van der Waals surface area contributed by atoms with Crippen LogP contribution in [-0.4, -0.2) is 29.9 Å².